The molecule has 62 valence electrons. The van der Waals surface area contributed by atoms with Crippen molar-refractivity contribution < 1.29 is 4.79 Å². The summed E-state index contributed by atoms with van der Waals surface area (Å²) in [6.45, 7) is 1.87. The van der Waals surface area contributed by atoms with Crippen LogP contribution in [-0.4, -0.2) is 12.3 Å². The second-order valence-electron chi connectivity index (χ2n) is 2.23. The summed E-state index contributed by atoms with van der Waals surface area (Å²) in [6.07, 6.45) is 0. The number of rotatable bonds is 1. The van der Waals surface area contributed by atoms with E-state index >= 15 is 0 Å². The third-order valence-electron chi connectivity index (χ3n) is 1.31. The first-order valence-corrected chi connectivity index (χ1v) is 4.41. The van der Waals surface area contributed by atoms with Crippen molar-refractivity contribution in [1.82, 2.24) is 0 Å². The Morgan fingerprint density at radius 1 is 1.75 bits per heavy atom. The van der Waals surface area contributed by atoms with E-state index in [1.807, 2.05) is 11.4 Å². The molecule has 1 aromatic rings. The van der Waals surface area contributed by atoms with Crippen LogP contribution in [0.15, 0.2) is 11.4 Å². The van der Waals surface area contributed by atoms with E-state index < -0.39 is 0 Å². The molecule has 0 unspecified atom stereocenters. The topological polar surface area (TPSA) is 43.1 Å². The van der Waals surface area contributed by atoms with Crippen molar-refractivity contribution >= 4 is 17.1 Å². The van der Waals surface area contributed by atoms with Crippen molar-refractivity contribution in [2.45, 2.75) is 6.92 Å². The van der Waals surface area contributed by atoms with Gasteiger partial charge in [0.05, 0.1) is 11.4 Å². The molecule has 12 heavy (non-hydrogen) atoms. The van der Waals surface area contributed by atoms with E-state index in [0.717, 1.165) is 10.4 Å². The molecule has 1 heterocycles. The van der Waals surface area contributed by atoms with Crippen LogP contribution in [0.4, 0.5) is 0 Å². The number of hydrogen-bond acceptors (Lipinski definition) is 3. The summed E-state index contributed by atoms with van der Waals surface area (Å²) < 4.78 is 0. The zero-order valence-electron chi connectivity index (χ0n) is 6.76. The van der Waals surface area contributed by atoms with Crippen LogP contribution < -0.4 is 5.73 Å². The summed E-state index contributed by atoms with van der Waals surface area (Å²) in [7, 11) is 0. The zero-order valence-corrected chi connectivity index (χ0v) is 7.57. The van der Waals surface area contributed by atoms with Gasteiger partial charge in [0.1, 0.15) is 0 Å². The highest BCUT2D eigenvalue weighted by molar-refractivity contribution is 7.12. The first kappa shape index (κ1) is 8.98. The van der Waals surface area contributed by atoms with Crippen LogP contribution in [0, 0.1) is 11.8 Å². The fourth-order valence-electron chi connectivity index (χ4n) is 0.827. The average Bonchev–Trinajstić information content (AvgIpc) is 2.48. The quantitative estimate of drug-likeness (QED) is 0.521. The van der Waals surface area contributed by atoms with Gasteiger partial charge in [-0.15, -0.1) is 11.3 Å². The van der Waals surface area contributed by atoms with Gasteiger partial charge in [0.25, 0.3) is 0 Å². The SMILES string of the molecule is CC(=O)c1sccc1C#CCN. The van der Waals surface area contributed by atoms with Gasteiger partial charge >= 0.3 is 0 Å². The molecule has 0 saturated heterocycles. The van der Waals surface area contributed by atoms with E-state index in [4.69, 9.17) is 5.73 Å². The summed E-state index contributed by atoms with van der Waals surface area (Å²) in [5.74, 6) is 5.63. The highest BCUT2D eigenvalue weighted by atomic mass is 32.1. The maximum atomic E-state index is 11.0. The Kier molecular flexibility index (Phi) is 3.03. The first-order chi connectivity index (χ1) is 5.75. The van der Waals surface area contributed by atoms with Gasteiger partial charge in [-0.2, -0.15) is 0 Å². The summed E-state index contributed by atoms with van der Waals surface area (Å²) >= 11 is 1.42. The molecular weight excluding hydrogens is 170 g/mol. The van der Waals surface area contributed by atoms with Crippen molar-refractivity contribution in [2.75, 3.05) is 6.54 Å². The van der Waals surface area contributed by atoms with E-state index in [9.17, 15) is 4.79 Å². The number of carbonyl (C=O) groups excluding carboxylic acids is 1. The lowest BCUT2D eigenvalue weighted by molar-refractivity contribution is 0.102. The minimum absolute atomic E-state index is 0.0614. The molecule has 0 aliphatic heterocycles. The lowest BCUT2D eigenvalue weighted by atomic mass is 10.2. The van der Waals surface area contributed by atoms with Crippen molar-refractivity contribution in [3.8, 4) is 11.8 Å². The monoisotopic (exact) mass is 179 g/mol. The molecule has 0 aliphatic carbocycles. The maximum Gasteiger partial charge on any atom is 0.170 e. The van der Waals surface area contributed by atoms with Crippen molar-refractivity contribution in [1.29, 1.82) is 0 Å². The maximum absolute atomic E-state index is 11.0. The second-order valence-corrected chi connectivity index (χ2v) is 3.14. The summed E-state index contributed by atoms with van der Waals surface area (Å²) in [5, 5.41) is 1.86. The molecule has 2 N–H and O–H groups in total. The third-order valence-corrected chi connectivity index (χ3v) is 2.33. The number of thiophene rings is 1. The molecule has 0 fully saturated rings. The minimum atomic E-state index is 0.0614. The fraction of sp³-hybridized carbons (Fsp3) is 0.222. The molecule has 0 atom stereocenters. The van der Waals surface area contributed by atoms with E-state index in [2.05, 4.69) is 11.8 Å². The molecule has 0 bridgehead atoms. The Morgan fingerprint density at radius 3 is 3.08 bits per heavy atom. The van der Waals surface area contributed by atoms with Crippen LogP contribution in [0.1, 0.15) is 22.2 Å². The molecule has 3 heteroatoms. The van der Waals surface area contributed by atoms with E-state index in [0.29, 0.717) is 6.54 Å². The Hall–Kier alpha value is -1.11. The Labute approximate surface area is 75.4 Å². The van der Waals surface area contributed by atoms with Gasteiger partial charge in [-0.1, -0.05) is 11.8 Å². The van der Waals surface area contributed by atoms with E-state index in [-0.39, 0.29) is 5.78 Å². The molecule has 0 radical (unpaired) electrons. The number of Topliss-reactive ketones (excluding diaryl/α,β-unsaturated/α-hetero) is 1. The molecular formula is C9H9NOS. The molecule has 0 aromatic carbocycles. The minimum Gasteiger partial charge on any atom is -0.320 e. The summed E-state index contributed by atoms with van der Waals surface area (Å²) in [6, 6.07) is 1.84. The molecule has 1 rings (SSSR count). The van der Waals surface area contributed by atoms with Gasteiger partial charge in [0.2, 0.25) is 0 Å². The zero-order chi connectivity index (χ0) is 8.97. The molecule has 0 spiro atoms. The van der Waals surface area contributed by atoms with Gasteiger partial charge in [0.15, 0.2) is 5.78 Å². The van der Waals surface area contributed by atoms with Crippen LogP contribution >= 0.6 is 11.3 Å². The smallest absolute Gasteiger partial charge is 0.170 e. The highest BCUT2D eigenvalue weighted by Gasteiger charge is 2.05. The van der Waals surface area contributed by atoms with Gasteiger partial charge in [0, 0.05) is 5.56 Å². The van der Waals surface area contributed by atoms with E-state index in [1.165, 1.54) is 11.3 Å². The first-order valence-electron chi connectivity index (χ1n) is 3.53. The number of carbonyl (C=O) groups is 1. The summed E-state index contributed by atoms with van der Waals surface area (Å²) in [5.41, 5.74) is 6.01. The van der Waals surface area contributed by atoms with Crippen LogP contribution in [0.3, 0.4) is 0 Å². The normalized spacial score (nSPS) is 8.83. The van der Waals surface area contributed by atoms with Crippen LogP contribution in [-0.2, 0) is 0 Å². The van der Waals surface area contributed by atoms with Crippen molar-refractivity contribution in [3.05, 3.63) is 21.9 Å². The average molecular weight is 179 g/mol. The van der Waals surface area contributed by atoms with E-state index in [1.54, 1.807) is 6.92 Å². The largest absolute Gasteiger partial charge is 0.320 e. The lowest BCUT2D eigenvalue weighted by Crippen LogP contribution is -1.94. The Balaban J connectivity index is 2.99. The summed E-state index contributed by atoms with van der Waals surface area (Å²) in [4.78, 5) is 11.7. The van der Waals surface area contributed by atoms with Crippen LogP contribution in [0.25, 0.3) is 0 Å². The van der Waals surface area contributed by atoms with Crippen molar-refractivity contribution in [3.63, 3.8) is 0 Å². The van der Waals surface area contributed by atoms with Gasteiger partial charge in [-0.3, -0.25) is 4.79 Å². The number of nitrogens with two attached hydrogens (primary N) is 1. The van der Waals surface area contributed by atoms with Gasteiger partial charge in [-0.05, 0) is 18.4 Å². The predicted octanol–water partition coefficient (Wildman–Crippen LogP) is 1.26. The molecule has 0 saturated carbocycles. The fourth-order valence-corrected chi connectivity index (χ4v) is 1.58. The van der Waals surface area contributed by atoms with Crippen molar-refractivity contribution in [2.24, 2.45) is 5.73 Å². The molecule has 1 aromatic heterocycles. The molecule has 2 nitrogen and oxygen atoms in total. The predicted molar refractivity (Wildman–Crippen MR) is 50.3 cm³/mol. The third kappa shape index (κ3) is 1.94. The molecule has 0 aliphatic rings. The standard InChI is InChI=1S/C9H9NOS/c1-7(11)9-8(3-2-5-10)4-6-12-9/h4,6H,5,10H2,1H3. The molecule has 0 amide bonds. The highest BCUT2D eigenvalue weighted by Crippen LogP contribution is 2.15. The van der Waals surface area contributed by atoms with Gasteiger partial charge in [-0.25, -0.2) is 0 Å². The number of ketones is 1. The Morgan fingerprint density at radius 2 is 2.50 bits per heavy atom. The van der Waals surface area contributed by atoms with Gasteiger partial charge < -0.3 is 5.73 Å². The van der Waals surface area contributed by atoms with Crippen LogP contribution in [0.5, 0.6) is 0 Å². The number of hydrogen-bond donors (Lipinski definition) is 1. The lowest BCUT2D eigenvalue weighted by Gasteiger charge is -1.88. The second kappa shape index (κ2) is 4.05. The van der Waals surface area contributed by atoms with Crippen LogP contribution in [0.2, 0.25) is 0 Å². The Bertz CT molecular complexity index is 343.